The molecule has 0 spiro atoms. The fourth-order valence-electron chi connectivity index (χ4n) is 1.63. The summed E-state index contributed by atoms with van der Waals surface area (Å²) in [5.41, 5.74) is 7.22. The average Bonchev–Trinajstić information content (AvgIpc) is 2.87. The predicted octanol–water partition coefficient (Wildman–Crippen LogP) is 0.106. The summed E-state index contributed by atoms with van der Waals surface area (Å²) in [5, 5.41) is 0. The molecule has 2 aromatic rings. The molecule has 6 nitrogen and oxygen atoms in total. The van der Waals surface area contributed by atoms with Crippen LogP contribution in [-0.2, 0) is 0 Å². The molecule has 0 bridgehead atoms. The Morgan fingerprint density at radius 1 is 1.29 bits per heavy atom. The minimum Gasteiger partial charge on any atom is -0.369 e. The van der Waals surface area contributed by atoms with Gasteiger partial charge in [-0.3, -0.25) is 0 Å². The van der Waals surface area contributed by atoms with Crippen molar-refractivity contribution in [2.45, 2.75) is 18.8 Å². The monoisotopic (exact) mass is 191 g/mol. The number of rotatable bonds is 1. The number of nitrogen functional groups attached to an aromatic ring is 1. The lowest BCUT2D eigenvalue weighted by Gasteiger charge is -1.97. The smallest absolute Gasteiger partial charge is 0.347 e. The Morgan fingerprint density at radius 3 is 2.79 bits per heavy atom. The van der Waals surface area contributed by atoms with E-state index in [1.807, 2.05) is 0 Å². The van der Waals surface area contributed by atoms with Crippen LogP contribution in [0.2, 0.25) is 0 Å². The fourth-order valence-corrected chi connectivity index (χ4v) is 1.63. The van der Waals surface area contributed by atoms with Crippen molar-refractivity contribution in [1.29, 1.82) is 0 Å². The third kappa shape index (κ3) is 1.00. The largest absolute Gasteiger partial charge is 0.369 e. The molecule has 6 heteroatoms. The maximum Gasteiger partial charge on any atom is 0.347 e. The molecular formula is C8H9N5O. The van der Waals surface area contributed by atoms with Crippen LogP contribution in [0.15, 0.2) is 4.79 Å². The van der Waals surface area contributed by atoms with Gasteiger partial charge in [0.2, 0.25) is 0 Å². The number of fused-ring (bicyclic) bond motifs is 1. The molecule has 4 N–H and O–H groups in total. The number of nitrogens with one attached hydrogen (secondary N) is 2. The Morgan fingerprint density at radius 2 is 2.07 bits per heavy atom. The number of imidazole rings is 1. The van der Waals surface area contributed by atoms with Gasteiger partial charge >= 0.3 is 5.69 Å². The minimum absolute atomic E-state index is 0.299. The van der Waals surface area contributed by atoms with E-state index in [2.05, 4.69) is 19.9 Å². The highest BCUT2D eigenvalue weighted by Gasteiger charge is 2.27. The van der Waals surface area contributed by atoms with Crippen LogP contribution in [0.4, 0.5) is 5.95 Å². The van der Waals surface area contributed by atoms with E-state index in [1.165, 1.54) is 0 Å². The highest BCUT2D eigenvalue weighted by atomic mass is 16.1. The average molecular weight is 191 g/mol. The van der Waals surface area contributed by atoms with Gasteiger partial charge in [0.1, 0.15) is 5.52 Å². The molecule has 0 amide bonds. The molecule has 1 aliphatic rings. The van der Waals surface area contributed by atoms with Crippen molar-refractivity contribution in [3.05, 3.63) is 16.2 Å². The van der Waals surface area contributed by atoms with Crippen LogP contribution in [-0.4, -0.2) is 19.9 Å². The lowest BCUT2D eigenvalue weighted by Crippen LogP contribution is -2.12. The lowest BCUT2D eigenvalue weighted by atomic mass is 10.2. The maximum absolute atomic E-state index is 11.2. The van der Waals surface area contributed by atoms with Crippen molar-refractivity contribution in [3.8, 4) is 0 Å². The minimum atomic E-state index is -0.356. The zero-order valence-corrected chi connectivity index (χ0v) is 7.37. The van der Waals surface area contributed by atoms with Crippen molar-refractivity contribution in [3.63, 3.8) is 0 Å². The summed E-state index contributed by atoms with van der Waals surface area (Å²) in [7, 11) is 0. The van der Waals surface area contributed by atoms with Gasteiger partial charge in [0, 0.05) is 5.92 Å². The number of anilines is 1. The molecule has 1 saturated carbocycles. The van der Waals surface area contributed by atoms with Gasteiger partial charge in [0.25, 0.3) is 0 Å². The van der Waals surface area contributed by atoms with Crippen LogP contribution >= 0.6 is 0 Å². The molecule has 0 unspecified atom stereocenters. The number of nitrogens with zero attached hydrogens (tertiary/aromatic N) is 2. The molecule has 3 rings (SSSR count). The highest BCUT2D eigenvalue weighted by Crippen LogP contribution is 2.40. The molecule has 0 aromatic carbocycles. The topological polar surface area (TPSA) is 100 Å². The molecule has 0 atom stereocenters. The van der Waals surface area contributed by atoms with Gasteiger partial charge in [-0.05, 0) is 12.8 Å². The SMILES string of the molecule is Nc1nc2nc(=O)[nH]c(C3CC3)c2[nH]1. The second-order valence-corrected chi connectivity index (χ2v) is 3.55. The van der Waals surface area contributed by atoms with E-state index < -0.39 is 0 Å². The van der Waals surface area contributed by atoms with Crippen molar-refractivity contribution in [2.24, 2.45) is 0 Å². The molecule has 2 aromatic heterocycles. The van der Waals surface area contributed by atoms with Crippen molar-refractivity contribution < 1.29 is 0 Å². The van der Waals surface area contributed by atoms with E-state index >= 15 is 0 Å². The first-order valence-electron chi connectivity index (χ1n) is 4.49. The number of H-pyrrole nitrogens is 2. The van der Waals surface area contributed by atoms with Gasteiger partial charge in [0.05, 0.1) is 5.69 Å². The summed E-state index contributed by atoms with van der Waals surface area (Å²) in [4.78, 5) is 24.5. The zero-order chi connectivity index (χ0) is 9.71. The molecule has 14 heavy (non-hydrogen) atoms. The van der Waals surface area contributed by atoms with Crippen LogP contribution in [0.3, 0.4) is 0 Å². The van der Waals surface area contributed by atoms with Crippen molar-refractivity contribution in [2.75, 3.05) is 5.73 Å². The Labute approximate surface area is 78.6 Å². The summed E-state index contributed by atoms with van der Waals surface area (Å²) < 4.78 is 0. The van der Waals surface area contributed by atoms with E-state index in [9.17, 15) is 4.79 Å². The molecular weight excluding hydrogens is 182 g/mol. The van der Waals surface area contributed by atoms with Crippen LogP contribution in [0.25, 0.3) is 11.2 Å². The first-order valence-corrected chi connectivity index (χ1v) is 4.49. The summed E-state index contributed by atoms with van der Waals surface area (Å²) >= 11 is 0. The molecule has 1 fully saturated rings. The molecule has 72 valence electrons. The van der Waals surface area contributed by atoms with Crippen molar-refractivity contribution >= 4 is 17.1 Å². The number of nitrogens with two attached hydrogens (primary N) is 1. The van der Waals surface area contributed by atoms with Crippen LogP contribution in [0, 0.1) is 0 Å². The number of hydrogen-bond acceptors (Lipinski definition) is 4. The molecule has 1 aliphatic carbocycles. The Hall–Kier alpha value is -1.85. The lowest BCUT2D eigenvalue weighted by molar-refractivity contribution is 0.972. The normalized spacial score (nSPS) is 16.3. The predicted molar refractivity (Wildman–Crippen MR) is 50.9 cm³/mol. The first-order chi connectivity index (χ1) is 6.74. The fraction of sp³-hybridized carbons (Fsp3) is 0.375. The van der Waals surface area contributed by atoms with E-state index in [0.717, 1.165) is 24.1 Å². The standard InChI is InChI=1S/C8H9N5O/c9-7-10-5-4(3-1-2-3)11-8(14)13-6(5)12-7/h3H,1-2H2,(H4,9,10,11,12,13,14). The second kappa shape index (κ2) is 2.34. The van der Waals surface area contributed by atoms with Crippen LogP contribution in [0.1, 0.15) is 24.5 Å². The van der Waals surface area contributed by atoms with E-state index in [4.69, 9.17) is 5.73 Å². The third-order valence-electron chi connectivity index (χ3n) is 2.41. The zero-order valence-electron chi connectivity index (χ0n) is 7.37. The van der Waals surface area contributed by atoms with Gasteiger partial charge in [-0.2, -0.15) is 9.97 Å². The molecule has 2 heterocycles. The van der Waals surface area contributed by atoms with Gasteiger partial charge in [-0.15, -0.1) is 0 Å². The maximum atomic E-state index is 11.2. The van der Waals surface area contributed by atoms with Gasteiger partial charge < -0.3 is 15.7 Å². The third-order valence-corrected chi connectivity index (χ3v) is 2.41. The van der Waals surface area contributed by atoms with E-state index in [1.54, 1.807) is 0 Å². The molecule has 0 aliphatic heterocycles. The summed E-state index contributed by atoms with van der Waals surface area (Å²) in [6.07, 6.45) is 2.21. The summed E-state index contributed by atoms with van der Waals surface area (Å²) in [5.74, 6) is 0.737. The van der Waals surface area contributed by atoms with Gasteiger partial charge in [-0.25, -0.2) is 4.79 Å². The Kier molecular flexibility index (Phi) is 1.26. The van der Waals surface area contributed by atoms with Gasteiger partial charge in [0.15, 0.2) is 11.6 Å². The van der Waals surface area contributed by atoms with Crippen molar-refractivity contribution in [1.82, 2.24) is 19.9 Å². The van der Waals surface area contributed by atoms with E-state index in [0.29, 0.717) is 17.5 Å². The number of aromatic amines is 2. The van der Waals surface area contributed by atoms with E-state index in [-0.39, 0.29) is 5.69 Å². The molecule has 0 saturated heterocycles. The highest BCUT2D eigenvalue weighted by molar-refractivity contribution is 5.75. The Bertz CT molecular complexity index is 550. The summed E-state index contributed by atoms with van der Waals surface area (Å²) in [6, 6.07) is 0. The molecule has 0 radical (unpaired) electrons. The first kappa shape index (κ1) is 7.54. The Balaban J connectivity index is 2.39. The number of aromatic nitrogens is 4. The van der Waals surface area contributed by atoms with Gasteiger partial charge in [-0.1, -0.05) is 0 Å². The second-order valence-electron chi connectivity index (χ2n) is 3.55. The van der Waals surface area contributed by atoms with Crippen LogP contribution < -0.4 is 11.4 Å². The quantitative estimate of drug-likeness (QED) is 0.595. The number of hydrogen-bond donors (Lipinski definition) is 3. The van der Waals surface area contributed by atoms with Crippen LogP contribution in [0.5, 0.6) is 0 Å². The summed E-state index contributed by atoms with van der Waals surface area (Å²) in [6.45, 7) is 0.